The number of hydrogen-bond acceptors (Lipinski definition) is 16. The Morgan fingerprint density at radius 2 is 0.871 bits per heavy atom. The molecule has 13 N–H and O–H groups in total. The number of nitrogens with zero attached hydrogens (tertiary/aromatic N) is 2. The molecule has 346 valence electrons. The summed E-state index contributed by atoms with van der Waals surface area (Å²) >= 11 is 10.4. The minimum atomic E-state index is -1.88. The molecule has 0 saturated heterocycles. The fourth-order valence-corrected chi connectivity index (χ4v) is 15.0. The first kappa shape index (κ1) is 57.6. The van der Waals surface area contributed by atoms with Crippen LogP contribution < -0.4 is 25.8 Å². The summed E-state index contributed by atoms with van der Waals surface area (Å²) in [5.74, 6) is -3.16. The summed E-state index contributed by atoms with van der Waals surface area (Å²) in [5.41, 5.74) is -0.723. The Morgan fingerprint density at radius 3 is 1.23 bits per heavy atom. The first-order valence-corrected chi connectivity index (χ1v) is 24.4. The van der Waals surface area contributed by atoms with Crippen molar-refractivity contribution in [3.8, 4) is 0 Å². The molecule has 2 aromatic rings. The number of aliphatic hydroxyl groups is 10. The predicted molar refractivity (Wildman–Crippen MR) is 271 cm³/mol. The van der Waals surface area contributed by atoms with Crippen LogP contribution in [-0.4, -0.2) is 183 Å². The third-order valence-electron chi connectivity index (χ3n) is 8.76. The number of halogens is 6. The average molecular weight is 1550 g/mol. The molecule has 62 heavy (non-hydrogen) atoms. The number of Topliss-reactive ketones (excluding diaryl/α,β-unsaturated/α-hetero) is 1. The van der Waals surface area contributed by atoms with E-state index in [-0.39, 0.29) is 80.7 Å². The number of amides is 5. The average Bonchev–Trinajstić information content (AvgIpc) is 3.24. The van der Waals surface area contributed by atoms with Gasteiger partial charge in [0, 0.05) is 29.2 Å². The molecule has 27 heteroatoms. The van der Waals surface area contributed by atoms with Gasteiger partial charge in [-0.3, -0.25) is 28.8 Å². The number of nitrogens with one attached hydrogen (secondary N) is 3. The summed E-state index contributed by atoms with van der Waals surface area (Å²) in [7, 11) is 0. The van der Waals surface area contributed by atoms with Crippen LogP contribution in [0.1, 0.15) is 54.3 Å². The first-order chi connectivity index (χ1) is 29.2. The molecule has 0 bridgehead atoms. The van der Waals surface area contributed by atoms with E-state index in [1.54, 1.807) is 136 Å². The fourth-order valence-electron chi connectivity index (χ4n) is 5.36. The smallest absolute Gasteiger partial charge is 0.253 e. The van der Waals surface area contributed by atoms with E-state index in [4.69, 9.17) is 0 Å². The largest absolute Gasteiger partial charge is 0.394 e. The lowest BCUT2D eigenvalue weighted by Crippen LogP contribution is -2.46. The van der Waals surface area contributed by atoms with Gasteiger partial charge in [-0.15, -0.1) is 0 Å². The highest BCUT2D eigenvalue weighted by Crippen LogP contribution is 2.40. The monoisotopic (exact) mass is 1550 g/mol. The highest BCUT2D eigenvalue weighted by molar-refractivity contribution is 14.1. The van der Waals surface area contributed by atoms with Crippen LogP contribution in [0.4, 0.5) is 11.4 Å². The zero-order chi connectivity index (χ0) is 47.2. The number of hydrogen-bond donors (Lipinski definition) is 13. The normalized spacial score (nSPS) is 13.3. The highest BCUT2D eigenvalue weighted by atomic mass is 127. The van der Waals surface area contributed by atoms with E-state index in [0.29, 0.717) is 0 Å². The topological polar surface area (TPSA) is 347 Å². The lowest BCUT2D eigenvalue weighted by molar-refractivity contribution is -0.109. The predicted octanol–water partition coefficient (Wildman–Crippen LogP) is -1.77. The maximum Gasteiger partial charge on any atom is 0.253 e. The van der Waals surface area contributed by atoms with Gasteiger partial charge in [0.05, 0.1) is 128 Å². The molecule has 4 atom stereocenters. The van der Waals surface area contributed by atoms with Crippen molar-refractivity contribution in [1.82, 2.24) is 16.0 Å². The van der Waals surface area contributed by atoms with E-state index in [1.165, 1.54) is 0 Å². The molecule has 0 aromatic heterocycles. The number of anilines is 2. The molecule has 0 aliphatic rings. The summed E-state index contributed by atoms with van der Waals surface area (Å²) < 4.78 is 0.485. The summed E-state index contributed by atoms with van der Waals surface area (Å²) in [4.78, 5) is 81.8. The molecule has 2 rings (SSSR count). The highest BCUT2D eigenvalue weighted by Gasteiger charge is 2.35. The van der Waals surface area contributed by atoms with Crippen LogP contribution in [-0.2, 0) is 9.59 Å². The van der Waals surface area contributed by atoms with E-state index >= 15 is 0 Å². The van der Waals surface area contributed by atoms with Gasteiger partial charge in [0.15, 0.2) is 5.78 Å². The van der Waals surface area contributed by atoms with Crippen LogP contribution in [0.3, 0.4) is 0 Å². The van der Waals surface area contributed by atoms with Crippen molar-refractivity contribution in [2.75, 3.05) is 69.1 Å². The lowest BCUT2D eigenvalue weighted by atomic mass is 10.00. The quantitative estimate of drug-likeness (QED) is 0.0282. The van der Waals surface area contributed by atoms with Crippen molar-refractivity contribution in [1.29, 1.82) is 0 Å². The SMILES string of the molecule is O=CN(CC(O)C(O)CN(C=O)c1c(I)c(C(=O)NCC(O)CO)c(I)c(C(=O)NC(CO)CO)c1I)c1c(I)c(C(=O)CCC(O)CO)c(I)c(C(=O)NC(CO)CO)c1I. The van der Waals surface area contributed by atoms with E-state index in [0.717, 1.165) is 9.80 Å². The molecule has 5 amide bonds. The van der Waals surface area contributed by atoms with Gasteiger partial charge in [-0.1, -0.05) is 0 Å². The van der Waals surface area contributed by atoms with Crippen molar-refractivity contribution in [2.24, 2.45) is 0 Å². The van der Waals surface area contributed by atoms with Gasteiger partial charge in [-0.25, -0.2) is 0 Å². The van der Waals surface area contributed by atoms with Gasteiger partial charge in [0.25, 0.3) is 17.7 Å². The third kappa shape index (κ3) is 14.7. The molecule has 2 aromatic carbocycles. The lowest BCUT2D eigenvalue weighted by Gasteiger charge is -2.31. The zero-order valence-electron chi connectivity index (χ0n) is 32.0. The van der Waals surface area contributed by atoms with Crippen LogP contribution in [0.2, 0.25) is 0 Å². The summed E-state index contributed by atoms with van der Waals surface area (Å²) in [6.45, 7) is -5.76. The summed E-state index contributed by atoms with van der Waals surface area (Å²) in [5, 5.41) is 107. The Morgan fingerprint density at radius 1 is 0.516 bits per heavy atom. The fraction of sp³-hybridized carbons (Fsp3) is 0.486. The number of ketones is 1. The Labute approximate surface area is 436 Å². The van der Waals surface area contributed by atoms with Crippen molar-refractivity contribution < 1.29 is 79.8 Å². The van der Waals surface area contributed by atoms with Crippen molar-refractivity contribution in [2.45, 2.75) is 49.3 Å². The second-order valence-corrected chi connectivity index (χ2v) is 19.6. The van der Waals surface area contributed by atoms with E-state index in [1.807, 2.05) is 0 Å². The number of rotatable bonds is 26. The van der Waals surface area contributed by atoms with E-state index in [9.17, 15) is 79.8 Å². The molecule has 21 nitrogen and oxygen atoms in total. The zero-order valence-corrected chi connectivity index (χ0v) is 44.9. The number of benzene rings is 2. The minimum Gasteiger partial charge on any atom is -0.394 e. The maximum absolute atomic E-state index is 13.6. The van der Waals surface area contributed by atoms with Gasteiger partial charge in [-0.05, 0) is 142 Å². The molecule has 0 saturated carbocycles. The minimum absolute atomic E-state index is 0.0526. The second-order valence-electron chi connectivity index (χ2n) is 13.1. The molecule has 0 aliphatic heterocycles. The van der Waals surface area contributed by atoms with Crippen LogP contribution in [0, 0.1) is 21.4 Å². The molecule has 0 fully saturated rings. The van der Waals surface area contributed by atoms with Crippen molar-refractivity contribution in [3.05, 3.63) is 43.7 Å². The molecule has 0 radical (unpaired) electrons. The van der Waals surface area contributed by atoms with Gasteiger partial charge >= 0.3 is 0 Å². The van der Waals surface area contributed by atoms with Crippen molar-refractivity contribution in [3.63, 3.8) is 0 Å². The van der Waals surface area contributed by atoms with Crippen LogP contribution in [0.5, 0.6) is 0 Å². The molecule has 0 spiro atoms. The third-order valence-corrected chi connectivity index (χ3v) is 15.1. The Kier molecular flexibility index (Phi) is 25.9. The number of carbonyl (C=O) groups is 6. The van der Waals surface area contributed by atoms with Crippen LogP contribution in [0.15, 0.2) is 0 Å². The molecule has 0 heterocycles. The Balaban J connectivity index is 2.73. The van der Waals surface area contributed by atoms with Crippen LogP contribution >= 0.6 is 136 Å². The maximum atomic E-state index is 13.6. The van der Waals surface area contributed by atoms with Gasteiger partial charge in [0.2, 0.25) is 12.8 Å². The van der Waals surface area contributed by atoms with E-state index < -0.39 is 119 Å². The van der Waals surface area contributed by atoms with E-state index in [2.05, 4.69) is 16.0 Å². The number of carbonyl (C=O) groups excluding carboxylic acids is 6. The van der Waals surface area contributed by atoms with Crippen molar-refractivity contribution >= 4 is 183 Å². The van der Waals surface area contributed by atoms with Crippen LogP contribution in [0.25, 0.3) is 0 Å². The van der Waals surface area contributed by atoms with Gasteiger partial charge in [-0.2, -0.15) is 0 Å². The summed E-state index contributed by atoms with van der Waals surface area (Å²) in [6, 6.07) is -2.23. The number of aliphatic hydroxyl groups excluding tert-OH is 10. The standard InChI is InChI=1S/C35H43I6N5O16/c36-25-21(18(57)2-1-16(55)10-51)27(38)31(29(40)23(25)34(61)43-14(6-47)7-48)45(12-53)4-19(58)20(59)5-46(13-54)32-28(39)22(33(60)42-3-17(56)11-52)26(37)24(30(32)41)35(62)44-15(8-49)9-50/h12-17,19-20,47-52,55-56,58-59H,1-11H2,(H,42,60)(H,43,61)(H,44,62). The van der Waals surface area contributed by atoms with Gasteiger partial charge < -0.3 is 76.8 Å². The first-order valence-electron chi connectivity index (χ1n) is 17.9. The molecular weight excluding hydrogens is 1510 g/mol. The summed E-state index contributed by atoms with van der Waals surface area (Å²) in [6.07, 6.45) is -6.29. The molecule has 0 aliphatic carbocycles. The molecular formula is C35H43I6N5O16. The second kappa shape index (κ2) is 27.9. The Bertz CT molecular complexity index is 1810. The molecule has 4 unspecified atom stereocenters. The Hall–Kier alpha value is -0.560. The van der Waals surface area contributed by atoms with Gasteiger partial charge in [0.1, 0.15) is 0 Å².